The van der Waals surface area contributed by atoms with Crippen molar-refractivity contribution in [2.75, 3.05) is 42.7 Å². The molecule has 2 aromatic rings. The molecular formula is C30H38O10Si2. The van der Waals surface area contributed by atoms with Crippen LogP contribution in [-0.4, -0.2) is 82.7 Å². The van der Waals surface area contributed by atoms with Crippen LogP contribution in [0.2, 0.25) is 26.2 Å². The number of methoxy groups -OCH3 is 6. The maximum Gasteiger partial charge on any atom is 0.338 e. The Morgan fingerprint density at radius 3 is 0.929 bits per heavy atom. The fourth-order valence-electron chi connectivity index (χ4n) is 4.71. The Bertz CT molecular complexity index is 1280. The summed E-state index contributed by atoms with van der Waals surface area (Å²) in [6, 6.07) is 14.0. The van der Waals surface area contributed by atoms with Crippen molar-refractivity contribution in [1.29, 1.82) is 0 Å². The van der Waals surface area contributed by atoms with Gasteiger partial charge in [0.1, 0.15) is 27.6 Å². The molecule has 42 heavy (non-hydrogen) atoms. The molecule has 2 rings (SSSR count). The minimum absolute atomic E-state index is 0.0802. The van der Waals surface area contributed by atoms with Crippen LogP contribution < -0.4 is 19.8 Å². The molecule has 12 heteroatoms. The molecule has 0 radical (unpaired) electrons. The molecule has 2 aromatic carbocycles. The average molecular weight is 615 g/mol. The summed E-state index contributed by atoms with van der Waals surface area (Å²) in [6.07, 6.45) is 0. The van der Waals surface area contributed by atoms with E-state index in [0.717, 1.165) is 24.6 Å². The van der Waals surface area contributed by atoms with Crippen LogP contribution in [0.4, 0.5) is 0 Å². The van der Waals surface area contributed by atoms with Gasteiger partial charge in [0.05, 0.1) is 53.8 Å². The van der Waals surface area contributed by atoms with Crippen LogP contribution in [0.1, 0.15) is 0 Å². The standard InChI is InChI=1S/C30H38O10Si2/c1-35-19-11-15-21(16-12-19)41(7,8)25(29(33)39-5)23(27(31)37-3)24(28(32)38-4)26(30(34)40-6)42(9,10)22-17-13-20(36-2)14-18-22/h11-18H,1-10H3/b25-23-,26-24+. The van der Waals surface area contributed by atoms with E-state index in [1.165, 1.54) is 28.4 Å². The molecule has 0 bridgehead atoms. The Morgan fingerprint density at radius 1 is 0.452 bits per heavy atom. The summed E-state index contributed by atoms with van der Waals surface area (Å²) in [4.78, 5) is 54.6. The molecule has 0 aliphatic carbocycles. The molecule has 0 amide bonds. The highest BCUT2D eigenvalue weighted by atomic mass is 28.3. The Morgan fingerprint density at radius 2 is 0.714 bits per heavy atom. The second-order valence-electron chi connectivity index (χ2n) is 10.2. The van der Waals surface area contributed by atoms with Gasteiger partial charge in [-0.25, -0.2) is 19.2 Å². The van der Waals surface area contributed by atoms with Gasteiger partial charge in [-0.1, -0.05) is 60.8 Å². The van der Waals surface area contributed by atoms with Gasteiger partial charge in [-0.05, 0) is 24.3 Å². The van der Waals surface area contributed by atoms with Gasteiger partial charge >= 0.3 is 23.9 Å². The molecule has 0 aliphatic heterocycles. The van der Waals surface area contributed by atoms with Gasteiger partial charge in [-0.15, -0.1) is 0 Å². The molecule has 0 N–H and O–H groups in total. The summed E-state index contributed by atoms with van der Waals surface area (Å²) in [7, 11) is 1.30. The molecular weight excluding hydrogens is 576 g/mol. The molecule has 0 fully saturated rings. The van der Waals surface area contributed by atoms with Crippen molar-refractivity contribution in [3.63, 3.8) is 0 Å². The number of rotatable bonds is 11. The molecule has 226 valence electrons. The summed E-state index contributed by atoms with van der Waals surface area (Å²) in [5, 5.41) is 1.29. The molecule has 0 spiro atoms. The second kappa shape index (κ2) is 14.1. The van der Waals surface area contributed by atoms with E-state index < -0.39 is 51.2 Å². The molecule has 0 atom stereocenters. The minimum Gasteiger partial charge on any atom is -0.497 e. The first-order valence-corrected chi connectivity index (χ1v) is 18.9. The lowest BCUT2D eigenvalue weighted by Gasteiger charge is -2.31. The highest BCUT2D eigenvalue weighted by Gasteiger charge is 2.46. The fourth-order valence-corrected chi connectivity index (χ4v) is 10.2. The van der Waals surface area contributed by atoms with Crippen LogP contribution >= 0.6 is 0 Å². The van der Waals surface area contributed by atoms with Gasteiger partial charge in [-0.3, -0.25) is 0 Å². The van der Waals surface area contributed by atoms with Crippen molar-refractivity contribution >= 4 is 50.4 Å². The van der Waals surface area contributed by atoms with E-state index in [0.29, 0.717) is 11.5 Å². The number of benzene rings is 2. The number of esters is 4. The van der Waals surface area contributed by atoms with E-state index in [9.17, 15) is 19.2 Å². The summed E-state index contributed by atoms with van der Waals surface area (Å²) in [6.45, 7) is 7.29. The summed E-state index contributed by atoms with van der Waals surface area (Å²) in [5.74, 6) is -2.53. The van der Waals surface area contributed by atoms with Crippen LogP contribution in [0.5, 0.6) is 11.5 Å². The lowest BCUT2D eigenvalue weighted by Crippen LogP contribution is -2.50. The Hall–Kier alpha value is -4.17. The first-order chi connectivity index (χ1) is 19.8. The SMILES string of the molecule is COC(=O)C(=C(/C(=O)OC)[Si](C)(C)c1ccc(OC)cc1)/C(C(=O)OC)=C(/C(=O)OC)[Si](C)(C)c1ccc(OC)cc1. The van der Waals surface area contributed by atoms with Crippen molar-refractivity contribution < 1.29 is 47.6 Å². The predicted molar refractivity (Wildman–Crippen MR) is 162 cm³/mol. The average Bonchev–Trinajstić information content (AvgIpc) is 3.00. The zero-order valence-corrected chi connectivity index (χ0v) is 27.7. The zero-order valence-electron chi connectivity index (χ0n) is 25.7. The smallest absolute Gasteiger partial charge is 0.338 e. The molecule has 0 aromatic heterocycles. The maximum absolute atomic E-state index is 13.7. The van der Waals surface area contributed by atoms with Gasteiger partial charge < -0.3 is 28.4 Å². The number of ether oxygens (including phenoxy) is 6. The topological polar surface area (TPSA) is 124 Å². The third-order valence-electron chi connectivity index (χ3n) is 7.18. The Kier molecular flexibility index (Phi) is 11.5. The molecule has 10 nitrogen and oxygen atoms in total. The highest BCUT2D eigenvalue weighted by molar-refractivity contribution is 7.00. The van der Waals surface area contributed by atoms with E-state index >= 15 is 0 Å². The van der Waals surface area contributed by atoms with Gasteiger partial charge in [-0.2, -0.15) is 0 Å². The maximum atomic E-state index is 13.7. The third kappa shape index (κ3) is 6.82. The van der Waals surface area contributed by atoms with Crippen LogP contribution in [0.25, 0.3) is 0 Å². The normalized spacial score (nSPS) is 12.7. The first kappa shape index (κ1) is 34.0. The monoisotopic (exact) mass is 614 g/mol. The summed E-state index contributed by atoms with van der Waals surface area (Å²) in [5.41, 5.74) is -0.809. The third-order valence-corrected chi connectivity index (χ3v) is 14.1. The van der Waals surface area contributed by atoms with E-state index in [4.69, 9.17) is 28.4 Å². The van der Waals surface area contributed by atoms with E-state index in [1.807, 2.05) is 26.2 Å². The fraction of sp³-hybridized carbons (Fsp3) is 0.333. The second-order valence-corrected chi connectivity index (χ2v) is 18.8. The number of carbonyl (C=O) groups excluding carboxylic acids is 4. The molecule has 0 unspecified atom stereocenters. The van der Waals surface area contributed by atoms with E-state index in [2.05, 4.69) is 0 Å². The number of hydrogen-bond donors (Lipinski definition) is 0. The van der Waals surface area contributed by atoms with Crippen LogP contribution in [0.3, 0.4) is 0 Å². The highest BCUT2D eigenvalue weighted by Crippen LogP contribution is 2.33. The minimum atomic E-state index is -3.18. The van der Waals surface area contributed by atoms with Gasteiger partial charge in [0.25, 0.3) is 0 Å². The molecule has 0 heterocycles. The Labute approximate surface area is 248 Å². The summed E-state index contributed by atoms with van der Waals surface area (Å²) >= 11 is 0. The number of carbonyl (C=O) groups is 4. The Balaban J connectivity index is 3.23. The molecule has 0 saturated carbocycles. The number of hydrogen-bond acceptors (Lipinski definition) is 10. The summed E-state index contributed by atoms with van der Waals surface area (Å²) < 4.78 is 31.2. The van der Waals surface area contributed by atoms with Gasteiger partial charge in [0.15, 0.2) is 0 Å². The van der Waals surface area contributed by atoms with Crippen molar-refractivity contribution in [3.8, 4) is 11.5 Å². The van der Waals surface area contributed by atoms with Crippen LogP contribution in [0.15, 0.2) is 70.1 Å². The lowest BCUT2D eigenvalue weighted by molar-refractivity contribution is -0.141. The van der Waals surface area contributed by atoms with E-state index in [-0.39, 0.29) is 10.4 Å². The van der Waals surface area contributed by atoms with Gasteiger partial charge in [0.2, 0.25) is 0 Å². The molecule has 0 aliphatic rings. The zero-order chi connectivity index (χ0) is 31.8. The van der Waals surface area contributed by atoms with Crippen molar-refractivity contribution in [2.45, 2.75) is 26.2 Å². The van der Waals surface area contributed by atoms with Crippen molar-refractivity contribution in [2.24, 2.45) is 0 Å². The largest absolute Gasteiger partial charge is 0.497 e. The molecule has 0 saturated heterocycles. The van der Waals surface area contributed by atoms with E-state index in [1.54, 1.807) is 48.5 Å². The quantitative estimate of drug-likeness (QED) is 0.123. The van der Waals surface area contributed by atoms with Crippen LogP contribution in [0, 0.1) is 0 Å². The van der Waals surface area contributed by atoms with Crippen LogP contribution in [-0.2, 0) is 38.1 Å². The van der Waals surface area contributed by atoms with Gasteiger partial charge in [0, 0.05) is 10.4 Å². The predicted octanol–water partition coefficient (Wildman–Crippen LogP) is 2.60. The van der Waals surface area contributed by atoms with Crippen molar-refractivity contribution in [1.82, 2.24) is 0 Å². The van der Waals surface area contributed by atoms with Crippen molar-refractivity contribution in [3.05, 3.63) is 70.1 Å². The lowest BCUT2D eigenvalue weighted by atomic mass is 10.0. The first-order valence-electron chi connectivity index (χ1n) is 12.9.